The molecule has 0 spiro atoms. The van der Waals surface area contributed by atoms with E-state index in [1.807, 2.05) is 44.2 Å². The van der Waals surface area contributed by atoms with Crippen LogP contribution in [-0.2, 0) is 20.9 Å². The number of nitrogens with zero attached hydrogens (tertiary/aromatic N) is 1. The van der Waals surface area contributed by atoms with Crippen molar-refractivity contribution in [1.29, 1.82) is 0 Å². The van der Waals surface area contributed by atoms with Gasteiger partial charge in [-0.1, -0.05) is 35.9 Å². The minimum Gasteiger partial charge on any atom is -0.344 e. The number of benzene rings is 2. The molecule has 0 aliphatic carbocycles. The second-order valence-electron chi connectivity index (χ2n) is 7.13. The highest BCUT2D eigenvalue weighted by atomic mass is 16.2. The Morgan fingerprint density at radius 2 is 1.75 bits per heavy atom. The second-order valence-corrected chi connectivity index (χ2v) is 7.13. The summed E-state index contributed by atoms with van der Waals surface area (Å²) in [4.78, 5) is 38.3. The third-order valence-corrected chi connectivity index (χ3v) is 4.86. The van der Waals surface area contributed by atoms with Gasteiger partial charge in [0.15, 0.2) is 0 Å². The molecule has 0 bridgehead atoms. The molecule has 2 N–H and O–H groups in total. The Morgan fingerprint density at radius 1 is 1.00 bits per heavy atom. The van der Waals surface area contributed by atoms with Gasteiger partial charge in [0.2, 0.25) is 5.91 Å². The van der Waals surface area contributed by atoms with Crippen molar-refractivity contribution in [3.05, 3.63) is 59.2 Å². The van der Waals surface area contributed by atoms with E-state index in [9.17, 15) is 14.4 Å². The topological polar surface area (TPSA) is 78.5 Å². The zero-order valence-corrected chi connectivity index (χ0v) is 16.2. The van der Waals surface area contributed by atoms with E-state index in [-0.39, 0.29) is 12.5 Å². The van der Waals surface area contributed by atoms with E-state index in [0.717, 1.165) is 35.2 Å². The second kappa shape index (κ2) is 8.69. The maximum absolute atomic E-state index is 12.2. The van der Waals surface area contributed by atoms with Crippen LogP contribution < -0.4 is 15.5 Å². The summed E-state index contributed by atoms with van der Waals surface area (Å²) < 4.78 is 0. The van der Waals surface area contributed by atoms with Crippen LogP contribution in [0, 0.1) is 13.8 Å². The van der Waals surface area contributed by atoms with Gasteiger partial charge in [0.1, 0.15) is 0 Å². The Kier molecular flexibility index (Phi) is 6.09. The first-order valence-corrected chi connectivity index (χ1v) is 9.50. The smallest absolute Gasteiger partial charge is 0.313 e. The third kappa shape index (κ3) is 4.76. The molecule has 0 saturated carbocycles. The molecule has 6 nitrogen and oxygen atoms in total. The largest absolute Gasteiger partial charge is 0.344 e. The van der Waals surface area contributed by atoms with Crippen LogP contribution in [0.1, 0.15) is 36.0 Å². The Labute approximate surface area is 164 Å². The van der Waals surface area contributed by atoms with Crippen LogP contribution in [0.25, 0.3) is 0 Å². The van der Waals surface area contributed by atoms with Crippen molar-refractivity contribution >= 4 is 29.1 Å². The first-order chi connectivity index (χ1) is 13.4. The van der Waals surface area contributed by atoms with Crippen LogP contribution in [0.4, 0.5) is 11.4 Å². The fraction of sp³-hybridized carbons (Fsp3) is 0.318. The van der Waals surface area contributed by atoms with E-state index in [2.05, 4.69) is 10.6 Å². The fourth-order valence-electron chi connectivity index (χ4n) is 3.19. The van der Waals surface area contributed by atoms with Gasteiger partial charge in [-0.15, -0.1) is 0 Å². The average Bonchev–Trinajstić information content (AvgIpc) is 2.69. The van der Waals surface area contributed by atoms with Gasteiger partial charge in [-0.25, -0.2) is 0 Å². The van der Waals surface area contributed by atoms with Gasteiger partial charge in [-0.2, -0.15) is 0 Å². The number of hydrogen-bond acceptors (Lipinski definition) is 3. The van der Waals surface area contributed by atoms with E-state index >= 15 is 0 Å². The first kappa shape index (κ1) is 19.6. The van der Waals surface area contributed by atoms with Crippen LogP contribution in [0.15, 0.2) is 42.5 Å². The van der Waals surface area contributed by atoms with Crippen molar-refractivity contribution in [3.8, 4) is 0 Å². The van der Waals surface area contributed by atoms with Gasteiger partial charge in [0.25, 0.3) is 0 Å². The molecule has 1 aliphatic heterocycles. The fourth-order valence-corrected chi connectivity index (χ4v) is 3.19. The molecule has 1 heterocycles. The number of carbonyl (C=O) groups is 3. The lowest BCUT2D eigenvalue weighted by Crippen LogP contribution is -2.36. The number of nitrogens with one attached hydrogen (secondary N) is 2. The third-order valence-electron chi connectivity index (χ3n) is 4.86. The van der Waals surface area contributed by atoms with Crippen molar-refractivity contribution < 1.29 is 14.4 Å². The molecule has 28 heavy (non-hydrogen) atoms. The zero-order chi connectivity index (χ0) is 20.1. The predicted molar refractivity (Wildman–Crippen MR) is 109 cm³/mol. The Hall–Kier alpha value is -3.15. The Balaban J connectivity index is 1.63. The van der Waals surface area contributed by atoms with Crippen molar-refractivity contribution in [2.45, 2.75) is 39.7 Å². The highest BCUT2D eigenvalue weighted by Crippen LogP contribution is 2.27. The number of amides is 3. The molecule has 0 atom stereocenters. The summed E-state index contributed by atoms with van der Waals surface area (Å²) in [5, 5.41) is 5.24. The number of carbonyl (C=O) groups excluding carboxylic acids is 3. The lowest BCUT2D eigenvalue weighted by atomic mass is 10.1. The van der Waals surface area contributed by atoms with Crippen LogP contribution in [0.3, 0.4) is 0 Å². The van der Waals surface area contributed by atoms with E-state index in [1.54, 1.807) is 17.0 Å². The number of anilines is 2. The van der Waals surface area contributed by atoms with Crippen LogP contribution in [-0.4, -0.2) is 24.3 Å². The summed E-state index contributed by atoms with van der Waals surface area (Å²) >= 11 is 0. The molecule has 0 aromatic heterocycles. The SMILES string of the molecule is Cc1ccc(CNC(=O)C(=O)Nc2ccc(C)c(N3CCCCC3=O)c2)cc1. The van der Waals surface area contributed by atoms with Crippen LogP contribution in [0.5, 0.6) is 0 Å². The Bertz CT molecular complexity index is 890. The molecule has 6 heteroatoms. The van der Waals surface area contributed by atoms with E-state index < -0.39 is 11.8 Å². The lowest BCUT2D eigenvalue weighted by molar-refractivity contribution is -0.136. The molecule has 3 rings (SSSR count). The highest BCUT2D eigenvalue weighted by molar-refractivity contribution is 6.39. The molecule has 3 amide bonds. The minimum atomic E-state index is -0.730. The molecule has 2 aromatic carbocycles. The number of rotatable bonds is 4. The number of piperidine rings is 1. The van der Waals surface area contributed by atoms with Gasteiger partial charge in [-0.05, 0) is 49.9 Å². The summed E-state index contributed by atoms with van der Waals surface area (Å²) in [7, 11) is 0. The van der Waals surface area contributed by atoms with E-state index in [4.69, 9.17) is 0 Å². The van der Waals surface area contributed by atoms with Gasteiger partial charge >= 0.3 is 11.8 Å². The molecule has 1 aliphatic rings. The summed E-state index contributed by atoms with van der Waals surface area (Å²) in [6.07, 6.45) is 2.41. The van der Waals surface area contributed by atoms with Crippen LogP contribution in [0.2, 0.25) is 0 Å². The molecule has 0 unspecified atom stereocenters. The molecular formula is C22H25N3O3. The molecule has 146 valence electrons. The molecular weight excluding hydrogens is 354 g/mol. The quantitative estimate of drug-likeness (QED) is 0.802. The van der Waals surface area contributed by atoms with E-state index in [0.29, 0.717) is 18.7 Å². The minimum absolute atomic E-state index is 0.0914. The zero-order valence-electron chi connectivity index (χ0n) is 16.2. The lowest BCUT2D eigenvalue weighted by Gasteiger charge is -2.28. The van der Waals surface area contributed by atoms with Gasteiger partial charge in [0.05, 0.1) is 0 Å². The highest BCUT2D eigenvalue weighted by Gasteiger charge is 2.22. The van der Waals surface area contributed by atoms with Gasteiger partial charge < -0.3 is 15.5 Å². The number of hydrogen-bond donors (Lipinski definition) is 2. The normalized spacial score (nSPS) is 13.9. The summed E-state index contributed by atoms with van der Waals surface area (Å²) in [6.45, 7) is 4.88. The molecule has 1 fully saturated rings. The average molecular weight is 379 g/mol. The standard InChI is InChI=1S/C22H25N3O3/c1-15-6-9-17(10-7-15)14-23-21(27)22(28)24-18-11-8-16(2)19(13-18)25-12-4-3-5-20(25)26/h6-11,13H,3-5,12,14H2,1-2H3,(H,23,27)(H,24,28). The maximum Gasteiger partial charge on any atom is 0.313 e. The summed E-state index contributed by atoms with van der Waals surface area (Å²) in [5.74, 6) is -1.34. The van der Waals surface area contributed by atoms with Crippen molar-refractivity contribution in [3.63, 3.8) is 0 Å². The van der Waals surface area contributed by atoms with E-state index in [1.165, 1.54) is 0 Å². The molecule has 1 saturated heterocycles. The molecule has 2 aromatic rings. The van der Waals surface area contributed by atoms with Crippen molar-refractivity contribution in [2.24, 2.45) is 0 Å². The van der Waals surface area contributed by atoms with Crippen LogP contribution >= 0.6 is 0 Å². The summed E-state index contributed by atoms with van der Waals surface area (Å²) in [5.41, 5.74) is 4.29. The number of aryl methyl sites for hydroxylation is 2. The molecule has 0 radical (unpaired) electrons. The Morgan fingerprint density at radius 3 is 2.46 bits per heavy atom. The van der Waals surface area contributed by atoms with Crippen molar-refractivity contribution in [1.82, 2.24) is 5.32 Å². The van der Waals surface area contributed by atoms with Gasteiger partial charge in [0, 0.05) is 30.9 Å². The van der Waals surface area contributed by atoms with Gasteiger partial charge in [-0.3, -0.25) is 14.4 Å². The maximum atomic E-state index is 12.2. The van der Waals surface area contributed by atoms with Crippen molar-refractivity contribution in [2.75, 3.05) is 16.8 Å². The predicted octanol–water partition coefficient (Wildman–Crippen LogP) is 3.08. The first-order valence-electron chi connectivity index (χ1n) is 9.50. The summed E-state index contributed by atoms with van der Waals surface area (Å²) in [6, 6.07) is 13.1. The monoisotopic (exact) mass is 379 g/mol.